The molecular weight excluding hydrogens is 420 g/mol. The fourth-order valence-electron chi connectivity index (χ4n) is 7.66. The molecule has 0 aromatic rings. The molecule has 7 atom stereocenters. The fraction of sp³-hybridized carbons (Fsp3) is 0.840. The minimum atomic E-state index is -0.0113. The van der Waals surface area contributed by atoms with Crippen LogP contribution < -0.4 is 10.6 Å². The Hall–Kier alpha value is -1.21. The van der Waals surface area contributed by atoms with Crippen molar-refractivity contribution in [3.63, 3.8) is 0 Å². The molecule has 6 aliphatic rings. The molecule has 176 valence electrons. The summed E-state index contributed by atoms with van der Waals surface area (Å²) in [6.45, 7) is 3.41. The van der Waals surface area contributed by atoms with Gasteiger partial charge in [-0.2, -0.15) is 11.8 Å². The molecule has 6 nitrogen and oxygen atoms in total. The zero-order valence-corrected chi connectivity index (χ0v) is 20.0. The Kier molecular flexibility index (Phi) is 5.91. The van der Waals surface area contributed by atoms with E-state index in [0.29, 0.717) is 35.6 Å². The highest BCUT2D eigenvalue weighted by Crippen LogP contribution is 2.45. The first kappa shape index (κ1) is 21.3. The van der Waals surface area contributed by atoms with Gasteiger partial charge in [0.1, 0.15) is 0 Å². The average molecular weight is 459 g/mol. The summed E-state index contributed by atoms with van der Waals surface area (Å²) >= 11 is 1.97. The zero-order valence-electron chi connectivity index (χ0n) is 19.1. The molecular formula is C25H38N4O2S. The van der Waals surface area contributed by atoms with Crippen molar-refractivity contribution in [3.8, 4) is 0 Å². The Labute approximate surface area is 196 Å². The van der Waals surface area contributed by atoms with Crippen LogP contribution in [0.5, 0.6) is 0 Å². The first-order chi connectivity index (χ1) is 15.7. The molecule has 0 saturated carbocycles. The van der Waals surface area contributed by atoms with Crippen molar-refractivity contribution >= 4 is 23.7 Å². The van der Waals surface area contributed by atoms with Gasteiger partial charge in [-0.3, -0.25) is 9.69 Å². The number of carbonyl (C=O) groups is 2. The highest BCUT2D eigenvalue weighted by atomic mass is 32.2. The van der Waals surface area contributed by atoms with Crippen molar-refractivity contribution in [1.29, 1.82) is 0 Å². The molecule has 0 unspecified atom stereocenters. The third kappa shape index (κ3) is 3.87. The van der Waals surface area contributed by atoms with Gasteiger partial charge in [0.05, 0.1) is 18.1 Å². The number of thioether (sulfide) groups is 1. The number of fused-ring (bicyclic) bond motifs is 7. The Morgan fingerprint density at radius 3 is 3.03 bits per heavy atom. The number of carbonyl (C=O) groups excluding carboxylic acids is 2. The molecule has 6 rings (SSSR count). The van der Waals surface area contributed by atoms with Crippen LogP contribution in [-0.2, 0) is 4.79 Å². The fourth-order valence-corrected chi connectivity index (χ4v) is 9.21. The van der Waals surface area contributed by atoms with Gasteiger partial charge in [-0.25, -0.2) is 4.79 Å². The largest absolute Gasteiger partial charge is 0.336 e. The Bertz CT molecular complexity index is 788. The third-order valence-electron chi connectivity index (χ3n) is 9.04. The number of likely N-dealkylation sites (tertiary alicyclic amines) is 1. The molecule has 5 heterocycles. The highest BCUT2D eigenvalue weighted by Gasteiger charge is 2.47. The van der Waals surface area contributed by atoms with Crippen molar-refractivity contribution in [2.75, 3.05) is 25.4 Å². The number of rotatable bonds is 5. The summed E-state index contributed by atoms with van der Waals surface area (Å²) in [5.74, 6) is 2.77. The normalized spacial score (nSPS) is 40.6. The van der Waals surface area contributed by atoms with Crippen molar-refractivity contribution < 1.29 is 9.59 Å². The summed E-state index contributed by atoms with van der Waals surface area (Å²) in [6.07, 6.45) is 14.2. The number of unbranched alkanes of at least 4 members (excludes halogenated alkanes) is 1. The van der Waals surface area contributed by atoms with Gasteiger partial charge in [0.15, 0.2) is 0 Å². The lowest BCUT2D eigenvalue weighted by Crippen LogP contribution is -2.60. The van der Waals surface area contributed by atoms with Crippen LogP contribution in [0.2, 0.25) is 0 Å². The van der Waals surface area contributed by atoms with Gasteiger partial charge >= 0.3 is 6.03 Å². The topological polar surface area (TPSA) is 64.7 Å². The maximum absolute atomic E-state index is 13.3. The van der Waals surface area contributed by atoms with E-state index >= 15 is 0 Å². The summed E-state index contributed by atoms with van der Waals surface area (Å²) in [5.41, 5.74) is 1.59. The molecule has 2 bridgehead atoms. The number of amides is 3. The third-order valence-corrected chi connectivity index (χ3v) is 10.6. The molecule has 5 aliphatic heterocycles. The number of hydrogen-bond acceptors (Lipinski definition) is 4. The van der Waals surface area contributed by atoms with Crippen molar-refractivity contribution in [1.82, 2.24) is 20.4 Å². The van der Waals surface area contributed by atoms with Crippen LogP contribution in [0.1, 0.15) is 64.2 Å². The lowest BCUT2D eigenvalue weighted by atomic mass is 9.68. The number of nitrogens with zero attached hydrogens (tertiary/aromatic N) is 2. The van der Waals surface area contributed by atoms with Crippen LogP contribution in [0.3, 0.4) is 0 Å². The molecule has 0 spiro atoms. The van der Waals surface area contributed by atoms with Gasteiger partial charge < -0.3 is 15.5 Å². The summed E-state index contributed by atoms with van der Waals surface area (Å²) in [7, 11) is 0. The number of nitrogens with one attached hydrogen (secondary N) is 2. The highest BCUT2D eigenvalue weighted by molar-refractivity contribution is 8.00. The second-order valence-corrected chi connectivity index (χ2v) is 12.2. The quantitative estimate of drug-likeness (QED) is 0.377. The summed E-state index contributed by atoms with van der Waals surface area (Å²) in [6, 6.07) is 1.71. The predicted octanol–water partition coefficient (Wildman–Crippen LogP) is 3.13. The number of urea groups is 1. The average Bonchev–Trinajstić information content (AvgIpc) is 3.35. The first-order valence-corrected chi connectivity index (χ1v) is 14.1. The van der Waals surface area contributed by atoms with Gasteiger partial charge in [0.2, 0.25) is 5.91 Å². The van der Waals surface area contributed by atoms with E-state index in [0.717, 1.165) is 49.9 Å². The SMILES string of the molecule is O=C1N[C@H]2[C@H](CS[C@H]2CCCCC(=O)N2CCCC3=C[C@H]4C[C@@H](CN5CCCC[C@H]45)[C@@H]32)N1. The maximum Gasteiger partial charge on any atom is 0.315 e. The molecule has 2 N–H and O–H groups in total. The van der Waals surface area contributed by atoms with Gasteiger partial charge in [0.25, 0.3) is 0 Å². The van der Waals surface area contributed by atoms with E-state index in [1.807, 2.05) is 11.8 Å². The van der Waals surface area contributed by atoms with Gasteiger partial charge in [-0.05, 0) is 63.3 Å². The van der Waals surface area contributed by atoms with Crippen molar-refractivity contribution in [2.45, 2.75) is 93.6 Å². The Balaban J connectivity index is 1.04. The molecule has 0 aromatic heterocycles. The minimum Gasteiger partial charge on any atom is -0.336 e. The van der Waals surface area contributed by atoms with Crippen LogP contribution in [0.25, 0.3) is 0 Å². The lowest BCUT2D eigenvalue weighted by Gasteiger charge is -2.54. The molecule has 0 radical (unpaired) electrons. The summed E-state index contributed by atoms with van der Waals surface area (Å²) in [4.78, 5) is 29.9. The maximum atomic E-state index is 13.3. The van der Waals surface area contributed by atoms with Crippen LogP contribution in [0.4, 0.5) is 4.79 Å². The minimum absolute atomic E-state index is 0.0113. The molecule has 1 aliphatic carbocycles. The van der Waals surface area contributed by atoms with Crippen LogP contribution in [-0.4, -0.2) is 76.5 Å². The summed E-state index contributed by atoms with van der Waals surface area (Å²) in [5, 5.41) is 6.59. The molecule has 7 heteroatoms. The van der Waals surface area contributed by atoms with Crippen LogP contribution >= 0.6 is 11.8 Å². The van der Waals surface area contributed by atoms with E-state index in [-0.39, 0.29) is 12.1 Å². The second kappa shape index (κ2) is 8.86. The molecule has 5 saturated heterocycles. The monoisotopic (exact) mass is 458 g/mol. The van der Waals surface area contributed by atoms with E-state index < -0.39 is 0 Å². The first-order valence-electron chi connectivity index (χ1n) is 13.1. The van der Waals surface area contributed by atoms with Crippen LogP contribution in [0.15, 0.2) is 11.6 Å². The lowest BCUT2D eigenvalue weighted by molar-refractivity contribution is -0.136. The van der Waals surface area contributed by atoms with E-state index in [1.54, 1.807) is 5.57 Å². The summed E-state index contributed by atoms with van der Waals surface area (Å²) < 4.78 is 0. The molecule has 5 fully saturated rings. The van der Waals surface area contributed by atoms with Gasteiger partial charge in [0, 0.05) is 36.6 Å². The second-order valence-electron chi connectivity index (χ2n) is 11.0. The molecule has 3 amide bonds. The van der Waals surface area contributed by atoms with Gasteiger partial charge in [-0.15, -0.1) is 0 Å². The number of hydrogen-bond donors (Lipinski definition) is 2. The van der Waals surface area contributed by atoms with E-state index in [2.05, 4.69) is 26.5 Å². The van der Waals surface area contributed by atoms with Crippen molar-refractivity contribution in [3.05, 3.63) is 11.6 Å². The predicted molar refractivity (Wildman–Crippen MR) is 128 cm³/mol. The van der Waals surface area contributed by atoms with E-state index in [1.165, 1.54) is 45.2 Å². The van der Waals surface area contributed by atoms with E-state index in [4.69, 9.17) is 0 Å². The van der Waals surface area contributed by atoms with E-state index in [9.17, 15) is 9.59 Å². The van der Waals surface area contributed by atoms with Gasteiger partial charge in [-0.1, -0.05) is 24.5 Å². The standard InChI is InChI=1S/C25H38N4O2S/c30-22(9-2-1-8-21-23-19(15-32-21)26-25(31)27-23)29-11-5-6-16-12-17-13-18(24(16)29)14-28-10-4-3-7-20(17)28/h12,17-21,23-24H,1-11,13-15H2,(H2,26,27,31)/t17-,18-,19-,20+,21-,23-,24+/m0/s1. The van der Waals surface area contributed by atoms with Crippen molar-refractivity contribution in [2.24, 2.45) is 11.8 Å². The van der Waals surface area contributed by atoms with Crippen LogP contribution in [0, 0.1) is 11.8 Å². The molecule has 0 aromatic carbocycles. The molecule has 32 heavy (non-hydrogen) atoms. The Morgan fingerprint density at radius 2 is 2.09 bits per heavy atom. The smallest absolute Gasteiger partial charge is 0.315 e. The number of piperidine rings is 3. The Morgan fingerprint density at radius 1 is 1.16 bits per heavy atom. The zero-order chi connectivity index (χ0) is 21.7.